The normalized spacial score (nSPS) is 23.5. The fraction of sp³-hybridized carbons (Fsp3) is 0.619. The number of carbonyl (C=O) groups excluding carboxylic acids is 1. The van der Waals surface area contributed by atoms with Crippen LogP contribution in [0, 0.1) is 19.3 Å². The van der Waals surface area contributed by atoms with Crippen LogP contribution in [0.15, 0.2) is 18.6 Å². The standard InChI is InChI=1S/C21H30N6O/c1-16-9-23-19(10-22-16)13-27-15-21(7-5-20(27)28)6-4-8-26(14-21)12-18-11-25(3)24-17(18)2/h9-11H,4-8,12-15H2,1-3H3. The number of amides is 1. The zero-order chi connectivity index (χ0) is 19.7. The quantitative estimate of drug-likeness (QED) is 0.811. The highest BCUT2D eigenvalue weighted by atomic mass is 16.2. The van der Waals surface area contributed by atoms with E-state index in [0.29, 0.717) is 13.0 Å². The molecule has 2 aliphatic heterocycles. The Bertz CT molecular complexity index is 845. The highest BCUT2D eigenvalue weighted by Crippen LogP contribution is 2.39. The summed E-state index contributed by atoms with van der Waals surface area (Å²) in [5, 5.41) is 4.48. The van der Waals surface area contributed by atoms with Crippen molar-refractivity contribution in [3.05, 3.63) is 41.2 Å². The molecule has 1 atom stereocenters. The number of rotatable bonds is 4. The van der Waals surface area contributed by atoms with Gasteiger partial charge in [-0.05, 0) is 39.7 Å². The molecule has 2 fully saturated rings. The lowest BCUT2D eigenvalue weighted by Gasteiger charge is -2.48. The van der Waals surface area contributed by atoms with E-state index in [-0.39, 0.29) is 11.3 Å². The SMILES string of the molecule is Cc1cnc(CN2CC3(CCCN(Cc4cn(C)nc4C)C3)CCC2=O)cn1. The molecule has 0 N–H and O–H groups in total. The Morgan fingerprint density at radius 2 is 1.96 bits per heavy atom. The van der Waals surface area contributed by atoms with E-state index in [1.165, 1.54) is 18.4 Å². The Labute approximate surface area is 166 Å². The first-order chi connectivity index (χ1) is 13.4. The van der Waals surface area contributed by atoms with Gasteiger partial charge in [0.05, 0.1) is 29.8 Å². The molecular weight excluding hydrogens is 352 g/mol. The second-order valence-corrected chi connectivity index (χ2v) is 8.63. The van der Waals surface area contributed by atoms with Crippen molar-refractivity contribution >= 4 is 5.91 Å². The lowest BCUT2D eigenvalue weighted by atomic mass is 9.73. The minimum absolute atomic E-state index is 0.195. The van der Waals surface area contributed by atoms with Gasteiger partial charge >= 0.3 is 0 Å². The molecule has 7 heteroatoms. The minimum Gasteiger partial charge on any atom is -0.336 e. The summed E-state index contributed by atoms with van der Waals surface area (Å²) in [6.07, 6.45) is 9.71. The summed E-state index contributed by atoms with van der Waals surface area (Å²) in [5.74, 6) is 0.244. The van der Waals surface area contributed by atoms with Gasteiger partial charge in [-0.3, -0.25) is 24.3 Å². The van der Waals surface area contributed by atoms with Gasteiger partial charge in [0.1, 0.15) is 0 Å². The van der Waals surface area contributed by atoms with Crippen LogP contribution in [-0.4, -0.2) is 55.1 Å². The summed E-state index contributed by atoms with van der Waals surface area (Å²) >= 11 is 0. The van der Waals surface area contributed by atoms with E-state index in [2.05, 4.69) is 33.1 Å². The molecule has 1 unspecified atom stereocenters. The van der Waals surface area contributed by atoms with Crippen molar-refractivity contribution in [2.45, 2.75) is 52.6 Å². The number of likely N-dealkylation sites (tertiary alicyclic amines) is 2. The summed E-state index contributed by atoms with van der Waals surface area (Å²) < 4.78 is 1.90. The van der Waals surface area contributed by atoms with Crippen molar-refractivity contribution in [1.29, 1.82) is 0 Å². The van der Waals surface area contributed by atoms with Gasteiger partial charge in [-0.15, -0.1) is 0 Å². The Kier molecular flexibility index (Phi) is 5.19. The zero-order valence-electron chi connectivity index (χ0n) is 17.2. The summed E-state index contributed by atoms with van der Waals surface area (Å²) in [4.78, 5) is 25.9. The first-order valence-electron chi connectivity index (χ1n) is 10.2. The molecule has 2 aromatic rings. The van der Waals surface area contributed by atoms with E-state index >= 15 is 0 Å². The molecule has 2 aromatic heterocycles. The second kappa shape index (κ2) is 7.62. The van der Waals surface area contributed by atoms with Gasteiger partial charge in [-0.1, -0.05) is 0 Å². The molecule has 0 aliphatic carbocycles. The van der Waals surface area contributed by atoms with Crippen LogP contribution in [0.2, 0.25) is 0 Å². The summed E-state index contributed by atoms with van der Waals surface area (Å²) in [7, 11) is 1.98. The molecule has 0 radical (unpaired) electrons. The van der Waals surface area contributed by atoms with Crippen molar-refractivity contribution in [1.82, 2.24) is 29.5 Å². The van der Waals surface area contributed by atoms with Crippen LogP contribution in [0.1, 0.15) is 48.3 Å². The average molecular weight is 383 g/mol. The third-order valence-corrected chi connectivity index (χ3v) is 6.18. The average Bonchev–Trinajstić information content (AvgIpc) is 2.97. The molecule has 1 spiro atoms. The van der Waals surface area contributed by atoms with E-state index in [1.807, 2.05) is 23.6 Å². The predicted octanol–water partition coefficient (Wildman–Crippen LogP) is 2.23. The van der Waals surface area contributed by atoms with Crippen molar-refractivity contribution in [2.24, 2.45) is 12.5 Å². The summed E-state index contributed by atoms with van der Waals surface area (Å²) in [5.41, 5.74) is 4.38. The van der Waals surface area contributed by atoms with Crippen LogP contribution in [-0.2, 0) is 24.9 Å². The Hall–Kier alpha value is -2.28. The Morgan fingerprint density at radius 1 is 1.11 bits per heavy atom. The molecule has 0 saturated carbocycles. The van der Waals surface area contributed by atoms with Crippen molar-refractivity contribution in [2.75, 3.05) is 19.6 Å². The fourth-order valence-electron chi connectivity index (χ4n) is 4.77. The molecule has 4 rings (SSSR count). The number of nitrogens with zero attached hydrogens (tertiary/aromatic N) is 6. The van der Waals surface area contributed by atoms with Gasteiger partial charge in [0, 0.05) is 56.5 Å². The van der Waals surface area contributed by atoms with E-state index in [4.69, 9.17) is 0 Å². The van der Waals surface area contributed by atoms with Gasteiger partial charge < -0.3 is 4.90 Å². The van der Waals surface area contributed by atoms with Crippen LogP contribution in [0.4, 0.5) is 0 Å². The highest BCUT2D eigenvalue weighted by Gasteiger charge is 2.41. The van der Waals surface area contributed by atoms with Gasteiger partial charge in [0.25, 0.3) is 0 Å². The maximum atomic E-state index is 12.6. The first-order valence-corrected chi connectivity index (χ1v) is 10.2. The molecule has 7 nitrogen and oxygen atoms in total. The topological polar surface area (TPSA) is 67.2 Å². The monoisotopic (exact) mass is 382 g/mol. The molecule has 2 aliphatic rings. The Morgan fingerprint density at radius 3 is 2.68 bits per heavy atom. The van der Waals surface area contributed by atoms with Crippen LogP contribution >= 0.6 is 0 Å². The maximum Gasteiger partial charge on any atom is 0.222 e. The molecule has 4 heterocycles. The lowest BCUT2D eigenvalue weighted by molar-refractivity contribution is -0.140. The smallest absolute Gasteiger partial charge is 0.222 e. The van der Waals surface area contributed by atoms with Gasteiger partial charge in [-0.25, -0.2) is 0 Å². The number of carbonyl (C=O) groups is 1. The van der Waals surface area contributed by atoms with Gasteiger partial charge in [-0.2, -0.15) is 5.10 Å². The largest absolute Gasteiger partial charge is 0.336 e. The van der Waals surface area contributed by atoms with E-state index < -0.39 is 0 Å². The molecule has 0 aromatic carbocycles. The van der Waals surface area contributed by atoms with Crippen LogP contribution in [0.25, 0.3) is 0 Å². The molecule has 0 bridgehead atoms. The number of piperidine rings is 2. The summed E-state index contributed by atoms with van der Waals surface area (Å²) in [6.45, 7) is 8.51. The number of aromatic nitrogens is 4. The molecule has 28 heavy (non-hydrogen) atoms. The van der Waals surface area contributed by atoms with E-state index in [0.717, 1.165) is 49.7 Å². The van der Waals surface area contributed by atoms with Crippen LogP contribution in [0.3, 0.4) is 0 Å². The van der Waals surface area contributed by atoms with Crippen molar-refractivity contribution in [3.63, 3.8) is 0 Å². The third-order valence-electron chi connectivity index (χ3n) is 6.18. The molecular formula is C21H30N6O. The third kappa shape index (κ3) is 4.09. The highest BCUT2D eigenvalue weighted by molar-refractivity contribution is 5.77. The molecule has 1 amide bonds. The predicted molar refractivity (Wildman–Crippen MR) is 106 cm³/mol. The maximum absolute atomic E-state index is 12.6. The Balaban J connectivity index is 1.44. The molecule has 2 saturated heterocycles. The van der Waals surface area contributed by atoms with Crippen LogP contribution in [0.5, 0.6) is 0 Å². The number of hydrogen-bond acceptors (Lipinski definition) is 5. The molecule has 150 valence electrons. The van der Waals surface area contributed by atoms with Gasteiger partial charge in [0.2, 0.25) is 5.91 Å². The van der Waals surface area contributed by atoms with Crippen molar-refractivity contribution in [3.8, 4) is 0 Å². The van der Waals surface area contributed by atoms with E-state index in [9.17, 15) is 4.79 Å². The fourth-order valence-corrected chi connectivity index (χ4v) is 4.77. The summed E-state index contributed by atoms with van der Waals surface area (Å²) in [6, 6.07) is 0. The van der Waals surface area contributed by atoms with Crippen LogP contribution < -0.4 is 0 Å². The minimum atomic E-state index is 0.195. The lowest BCUT2D eigenvalue weighted by Crippen LogP contribution is -2.53. The zero-order valence-corrected chi connectivity index (χ0v) is 17.2. The number of aryl methyl sites for hydroxylation is 3. The first kappa shape index (κ1) is 19.1. The van der Waals surface area contributed by atoms with Crippen molar-refractivity contribution < 1.29 is 4.79 Å². The second-order valence-electron chi connectivity index (χ2n) is 8.63. The number of hydrogen-bond donors (Lipinski definition) is 0. The van der Waals surface area contributed by atoms with Gasteiger partial charge in [0.15, 0.2) is 0 Å². The van der Waals surface area contributed by atoms with E-state index in [1.54, 1.807) is 12.4 Å².